The minimum Gasteiger partial charge on any atom is -0.480 e. The van der Waals surface area contributed by atoms with Crippen LogP contribution in [0.15, 0.2) is 41.8 Å². The summed E-state index contributed by atoms with van der Waals surface area (Å²) in [5, 5.41) is 5.37. The lowest BCUT2D eigenvalue weighted by atomic mass is 9.96. The molecule has 0 spiro atoms. The molecule has 4 heteroatoms. The number of hydrogen-bond acceptors (Lipinski definition) is 3. The zero-order valence-corrected chi connectivity index (χ0v) is 13.9. The van der Waals surface area contributed by atoms with E-state index in [1.54, 1.807) is 11.3 Å². The van der Waals surface area contributed by atoms with Crippen molar-refractivity contribution in [3.8, 4) is 5.75 Å². The molecule has 1 fully saturated rings. The fourth-order valence-electron chi connectivity index (χ4n) is 3.75. The Hall–Kier alpha value is -1.81. The highest BCUT2D eigenvalue weighted by molar-refractivity contribution is 7.10. The number of hydrogen-bond donors (Lipinski definition) is 1. The summed E-state index contributed by atoms with van der Waals surface area (Å²) in [4.78, 5) is 14.0. The molecule has 2 heterocycles. The number of para-hydroxylation sites is 1. The first kappa shape index (κ1) is 14.8. The van der Waals surface area contributed by atoms with Crippen molar-refractivity contribution < 1.29 is 9.53 Å². The van der Waals surface area contributed by atoms with Crippen LogP contribution in [0.5, 0.6) is 5.75 Å². The number of carbonyl (C=O) groups is 1. The monoisotopic (exact) mass is 327 g/mol. The summed E-state index contributed by atoms with van der Waals surface area (Å²) in [7, 11) is 0. The van der Waals surface area contributed by atoms with E-state index < -0.39 is 6.10 Å². The van der Waals surface area contributed by atoms with Gasteiger partial charge in [-0.2, -0.15) is 0 Å². The second-order valence-corrected chi connectivity index (χ2v) is 7.44. The van der Waals surface area contributed by atoms with Gasteiger partial charge in [-0.3, -0.25) is 4.79 Å². The molecule has 0 radical (unpaired) electrons. The van der Waals surface area contributed by atoms with Crippen LogP contribution < -0.4 is 10.1 Å². The lowest BCUT2D eigenvalue weighted by Crippen LogP contribution is -2.41. The largest absolute Gasteiger partial charge is 0.480 e. The third-order valence-corrected chi connectivity index (χ3v) is 5.91. The molecule has 2 aromatic rings. The van der Waals surface area contributed by atoms with Crippen molar-refractivity contribution in [3.05, 3.63) is 52.2 Å². The Morgan fingerprint density at radius 1 is 1.17 bits per heavy atom. The zero-order valence-electron chi connectivity index (χ0n) is 13.0. The van der Waals surface area contributed by atoms with Crippen LogP contribution in [0.2, 0.25) is 0 Å². The highest BCUT2D eigenvalue weighted by Gasteiger charge is 2.33. The van der Waals surface area contributed by atoms with Gasteiger partial charge < -0.3 is 10.1 Å². The van der Waals surface area contributed by atoms with Crippen LogP contribution in [0, 0.1) is 5.92 Å². The van der Waals surface area contributed by atoms with Gasteiger partial charge in [-0.1, -0.05) is 37.1 Å². The van der Waals surface area contributed by atoms with Crippen LogP contribution in [0.4, 0.5) is 0 Å². The summed E-state index contributed by atoms with van der Waals surface area (Å²) in [6.45, 7) is 0. The first-order valence-corrected chi connectivity index (χ1v) is 9.27. The van der Waals surface area contributed by atoms with E-state index in [0.717, 1.165) is 11.3 Å². The van der Waals surface area contributed by atoms with Crippen molar-refractivity contribution in [1.82, 2.24) is 5.32 Å². The SMILES string of the molecule is O=C(N[C@H](c1cccs1)C1CCCC1)[C@@H]1Cc2ccccc2O1. The Bertz CT molecular complexity index is 651. The van der Waals surface area contributed by atoms with Gasteiger partial charge in [0.15, 0.2) is 6.10 Å². The number of rotatable bonds is 4. The molecule has 0 saturated heterocycles. The number of ether oxygens (including phenoxy) is 1. The predicted molar refractivity (Wildman–Crippen MR) is 91.7 cm³/mol. The fourth-order valence-corrected chi connectivity index (χ4v) is 4.62. The highest BCUT2D eigenvalue weighted by Crippen LogP contribution is 2.38. The summed E-state index contributed by atoms with van der Waals surface area (Å²) < 4.78 is 5.84. The maximum absolute atomic E-state index is 12.7. The molecule has 2 aliphatic rings. The van der Waals surface area contributed by atoms with Gasteiger partial charge in [0.25, 0.3) is 5.91 Å². The molecule has 1 aliphatic carbocycles. The first-order valence-electron chi connectivity index (χ1n) is 8.39. The van der Waals surface area contributed by atoms with Gasteiger partial charge in [-0.15, -0.1) is 11.3 Å². The van der Waals surface area contributed by atoms with E-state index in [4.69, 9.17) is 4.74 Å². The maximum atomic E-state index is 12.7. The first-order chi connectivity index (χ1) is 11.3. The van der Waals surface area contributed by atoms with Crippen molar-refractivity contribution in [2.75, 3.05) is 0 Å². The average Bonchev–Trinajstić information content (AvgIpc) is 3.33. The van der Waals surface area contributed by atoms with Crippen LogP contribution in [-0.4, -0.2) is 12.0 Å². The minimum absolute atomic E-state index is 0.0199. The molecule has 1 N–H and O–H groups in total. The van der Waals surface area contributed by atoms with E-state index in [2.05, 4.69) is 22.8 Å². The molecule has 1 aromatic carbocycles. The second-order valence-electron chi connectivity index (χ2n) is 6.46. The van der Waals surface area contributed by atoms with Crippen LogP contribution in [0.25, 0.3) is 0 Å². The number of nitrogens with one attached hydrogen (secondary N) is 1. The van der Waals surface area contributed by atoms with Gasteiger partial charge in [-0.25, -0.2) is 0 Å². The van der Waals surface area contributed by atoms with E-state index in [9.17, 15) is 4.79 Å². The van der Waals surface area contributed by atoms with Crippen LogP contribution in [0.1, 0.15) is 42.2 Å². The normalized spacial score (nSPS) is 21.7. The van der Waals surface area contributed by atoms with E-state index in [1.165, 1.54) is 30.6 Å². The molecular formula is C19H21NO2S. The Kier molecular flexibility index (Phi) is 4.08. The highest BCUT2D eigenvalue weighted by atomic mass is 32.1. The molecule has 1 amide bonds. The summed E-state index contributed by atoms with van der Waals surface area (Å²) >= 11 is 1.73. The maximum Gasteiger partial charge on any atom is 0.261 e. The van der Waals surface area contributed by atoms with Crippen molar-refractivity contribution in [2.24, 2.45) is 5.92 Å². The molecule has 1 aliphatic heterocycles. The molecule has 4 rings (SSSR count). The van der Waals surface area contributed by atoms with Crippen molar-refractivity contribution in [2.45, 2.75) is 44.2 Å². The Balaban J connectivity index is 1.48. The lowest BCUT2D eigenvalue weighted by molar-refractivity contribution is -0.128. The third kappa shape index (κ3) is 3.00. The summed E-state index contributed by atoms with van der Waals surface area (Å²) in [6, 6.07) is 12.3. The molecule has 3 nitrogen and oxygen atoms in total. The fraction of sp³-hybridized carbons (Fsp3) is 0.421. The zero-order chi connectivity index (χ0) is 15.6. The van der Waals surface area contributed by atoms with Crippen LogP contribution >= 0.6 is 11.3 Å². The van der Waals surface area contributed by atoms with Crippen molar-refractivity contribution >= 4 is 17.2 Å². The molecule has 120 valence electrons. The number of benzene rings is 1. The van der Waals surface area contributed by atoms with Crippen LogP contribution in [-0.2, 0) is 11.2 Å². The molecular weight excluding hydrogens is 306 g/mol. The van der Waals surface area contributed by atoms with E-state index in [1.807, 2.05) is 24.3 Å². The molecule has 23 heavy (non-hydrogen) atoms. The standard InChI is InChI=1S/C19H21NO2S/c21-19(16-12-14-8-3-4-9-15(14)22-16)20-18(13-6-1-2-7-13)17-10-5-11-23-17/h3-5,8-11,13,16,18H,1-2,6-7,12H2,(H,20,21)/t16-,18-/m0/s1. The smallest absolute Gasteiger partial charge is 0.261 e. The van der Waals surface area contributed by atoms with E-state index >= 15 is 0 Å². The molecule has 0 bridgehead atoms. The number of fused-ring (bicyclic) bond motifs is 1. The summed E-state index contributed by atoms with van der Waals surface area (Å²) in [5.74, 6) is 1.43. The van der Waals surface area contributed by atoms with Gasteiger partial charge in [0.2, 0.25) is 0 Å². The van der Waals surface area contributed by atoms with Crippen molar-refractivity contribution in [3.63, 3.8) is 0 Å². The second kappa shape index (κ2) is 6.36. The molecule has 2 atom stereocenters. The number of amides is 1. The Labute approximate surface area is 140 Å². The van der Waals surface area contributed by atoms with Crippen LogP contribution in [0.3, 0.4) is 0 Å². The van der Waals surface area contributed by atoms with Crippen molar-refractivity contribution in [1.29, 1.82) is 0 Å². The molecule has 1 aromatic heterocycles. The number of carbonyl (C=O) groups excluding carboxylic acids is 1. The predicted octanol–water partition coefficient (Wildman–Crippen LogP) is 4.10. The molecule has 0 unspecified atom stereocenters. The Morgan fingerprint density at radius 3 is 2.74 bits per heavy atom. The van der Waals surface area contributed by atoms with E-state index in [-0.39, 0.29) is 11.9 Å². The minimum atomic E-state index is -0.392. The van der Waals surface area contributed by atoms with Gasteiger partial charge in [0, 0.05) is 11.3 Å². The third-order valence-electron chi connectivity index (χ3n) is 4.96. The van der Waals surface area contributed by atoms with Gasteiger partial charge in [0.05, 0.1) is 6.04 Å². The summed E-state index contributed by atoms with van der Waals surface area (Å²) in [6.07, 6.45) is 5.23. The van der Waals surface area contributed by atoms with Gasteiger partial charge in [-0.05, 0) is 41.8 Å². The van der Waals surface area contributed by atoms with E-state index in [0.29, 0.717) is 12.3 Å². The topological polar surface area (TPSA) is 38.3 Å². The lowest BCUT2D eigenvalue weighted by Gasteiger charge is -2.25. The molecule has 1 saturated carbocycles. The van der Waals surface area contributed by atoms with Gasteiger partial charge in [0.1, 0.15) is 5.75 Å². The Morgan fingerprint density at radius 2 is 2.00 bits per heavy atom. The average molecular weight is 327 g/mol. The number of thiophene rings is 1. The van der Waals surface area contributed by atoms with Gasteiger partial charge >= 0.3 is 0 Å². The summed E-state index contributed by atoms with van der Waals surface area (Å²) in [5.41, 5.74) is 1.13. The quantitative estimate of drug-likeness (QED) is 0.918.